The highest BCUT2D eigenvalue weighted by molar-refractivity contribution is 6.32. The zero-order valence-corrected chi connectivity index (χ0v) is 11.4. The number of halogens is 1. The van der Waals surface area contributed by atoms with E-state index in [1.807, 2.05) is 18.2 Å². The van der Waals surface area contributed by atoms with Crippen molar-refractivity contribution in [1.82, 2.24) is 5.32 Å². The first kappa shape index (κ1) is 15.0. The highest BCUT2D eigenvalue weighted by Crippen LogP contribution is 2.25. The molecule has 4 heteroatoms. The second kappa shape index (κ2) is 8.14. The molecular formula is C14H20ClNO2. The summed E-state index contributed by atoms with van der Waals surface area (Å²) in [6.07, 6.45) is 2.16. The van der Waals surface area contributed by atoms with Gasteiger partial charge in [-0.05, 0) is 37.6 Å². The molecule has 0 aliphatic carbocycles. The smallest absolute Gasteiger partial charge is 0.138 e. The van der Waals surface area contributed by atoms with Gasteiger partial charge in [0.2, 0.25) is 0 Å². The summed E-state index contributed by atoms with van der Waals surface area (Å²) in [5, 5.41) is 13.0. The Morgan fingerprint density at radius 3 is 2.94 bits per heavy atom. The molecule has 18 heavy (non-hydrogen) atoms. The summed E-state index contributed by atoms with van der Waals surface area (Å²) in [7, 11) is 0. The van der Waals surface area contributed by atoms with Gasteiger partial charge in [-0.3, -0.25) is 0 Å². The van der Waals surface area contributed by atoms with Gasteiger partial charge in [0, 0.05) is 6.54 Å². The van der Waals surface area contributed by atoms with Crippen molar-refractivity contribution in [2.75, 3.05) is 13.2 Å². The molecule has 1 atom stereocenters. The molecule has 0 fully saturated rings. The summed E-state index contributed by atoms with van der Waals surface area (Å²) in [6.45, 7) is 7.33. The molecule has 0 bridgehead atoms. The van der Waals surface area contributed by atoms with Crippen molar-refractivity contribution in [1.29, 1.82) is 0 Å². The number of rotatable bonds is 8. The lowest BCUT2D eigenvalue weighted by molar-refractivity contribution is 0.183. The van der Waals surface area contributed by atoms with Crippen molar-refractivity contribution in [3.8, 4) is 5.75 Å². The molecule has 2 N–H and O–H groups in total. The number of benzene rings is 1. The van der Waals surface area contributed by atoms with Crippen LogP contribution in [-0.4, -0.2) is 24.4 Å². The predicted octanol–water partition coefficient (Wildman–Crippen LogP) is 2.77. The molecular weight excluding hydrogens is 250 g/mol. The average Bonchev–Trinajstić information content (AvgIpc) is 2.33. The molecule has 1 unspecified atom stereocenters. The number of nitrogens with one attached hydrogen (secondary N) is 1. The van der Waals surface area contributed by atoms with E-state index in [0.29, 0.717) is 17.4 Å². The van der Waals surface area contributed by atoms with Gasteiger partial charge < -0.3 is 15.2 Å². The van der Waals surface area contributed by atoms with Gasteiger partial charge in [-0.15, -0.1) is 0 Å². The first-order valence-electron chi connectivity index (χ1n) is 6.04. The SMILES string of the molecule is C=CCOc1ccc(CNCCC(C)O)cc1Cl. The maximum atomic E-state index is 9.13. The lowest BCUT2D eigenvalue weighted by Gasteiger charge is -2.09. The van der Waals surface area contributed by atoms with Crippen molar-refractivity contribution in [2.24, 2.45) is 0 Å². The van der Waals surface area contributed by atoms with E-state index in [1.54, 1.807) is 13.0 Å². The molecule has 0 aromatic heterocycles. The normalized spacial score (nSPS) is 12.2. The number of aliphatic hydroxyl groups excluding tert-OH is 1. The second-order valence-electron chi connectivity index (χ2n) is 4.18. The maximum absolute atomic E-state index is 9.13. The van der Waals surface area contributed by atoms with Crippen LogP contribution < -0.4 is 10.1 Å². The van der Waals surface area contributed by atoms with Crippen LogP contribution in [0, 0.1) is 0 Å². The molecule has 0 aliphatic rings. The van der Waals surface area contributed by atoms with Crippen LogP contribution in [0.2, 0.25) is 5.02 Å². The van der Waals surface area contributed by atoms with Crippen LogP contribution in [0.1, 0.15) is 18.9 Å². The van der Waals surface area contributed by atoms with Crippen LogP contribution in [0.4, 0.5) is 0 Å². The number of hydrogen-bond acceptors (Lipinski definition) is 3. The summed E-state index contributed by atoms with van der Waals surface area (Å²) < 4.78 is 5.39. The molecule has 0 amide bonds. The first-order chi connectivity index (χ1) is 8.63. The van der Waals surface area contributed by atoms with E-state index in [4.69, 9.17) is 21.4 Å². The Morgan fingerprint density at radius 2 is 2.33 bits per heavy atom. The zero-order valence-electron chi connectivity index (χ0n) is 10.7. The van der Waals surface area contributed by atoms with Crippen molar-refractivity contribution >= 4 is 11.6 Å². The Hall–Kier alpha value is -1.03. The highest BCUT2D eigenvalue weighted by Gasteiger charge is 2.02. The van der Waals surface area contributed by atoms with Crippen molar-refractivity contribution in [3.63, 3.8) is 0 Å². The van der Waals surface area contributed by atoms with Gasteiger partial charge in [0.1, 0.15) is 12.4 Å². The monoisotopic (exact) mass is 269 g/mol. The van der Waals surface area contributed by atoms with Gasteiger partial charge in [-0.25, -0.2) is 0 Å². The maximum Gasteiger partial charge on any atom is 0.138 e. The van der Waals surface area contributed by atoms with Crippen molar-refractivity contribution < 1.29 is 9.84 Å². The van der Waals surface area contributed by atoms with Gasteiger partial charge in [0.15, 0.2) is 0 Å². The highest BCUT2D eigenvalue weighted by atomic mass is 35.5. The predicted molar refractivity (Wildman–Crippen MR) is 75.1 cm³/mol. The minimum Gasteiger partial charge on any atom is -0.488 e. The van der Waals surface area contributed by atoms with E-state index < -0.39 is 0 Å². The van der Waals surface area contributed by atoms with Crippen LogP contribution >= 0.6 is 11.6 Å². The third-order valence-corrected chi connectivity index (χ3v) is 2.72. The Kier molecular flexibility index (Phi) is 6.80. The average molecular weight is 270 g/mol. The van der Waals surface area contributed by atoms with Gasteiger partial charge in [0.05, 0.1) is 11.1 Å². The quantitative estimate of drug-likeness (QED) is 0.563. The van der Waals surface area contributed by atoms with E-state index in [1.165, 1.54) is 0 Å². The Morgan fingerprint density at radius 1 is 1.56 bits per heavy atom. The molecule has 0 spiro atoms. The molecule has 0 saturated heterocycles. The standard InChI is InChI=1S/C14H20ClNO2/c1-3-8-18-14-5-4-12(9-13(14)15)10-16-7-6-11(2)17/h3-5,9,11,16-17H,1,6-8,10H2,2H3. The van der Waals surface area contributed by atoms with Gasteiger partial charge in [-0.2, -0.15) is 0 Å². The molecule has 3 nitrogen and oxygen atoms in total. The summed E-state index contributed by atoms with van der Waals surface area (Å²) in [5.74, 6) is 0.671. The van der Waals surface area contributed by atoms with E-state index in [-0.39, 0.29) is 6.10 Å². The molecule has 1 rings (SSSR count). The molecule has 0 saturated carbocycles. The van der Waals surface area contributed by atoms with Crippen LogP contribution in [-0.2, 0) is 6.54 Å². The topological polar surface area (TPSA) is 41.5 Å². The third-order valence-electron chi connectivity index (χ3n) is 2.42. The Labute approximate surface area is 113 Å². The lowest BCUT2D eigenvalue weighted by atomic mass is 10.2. The Balaban J connectivity index is 2.43. The second-order valence-corrected chi connectivity index (χ2v) is 4.59. The third kappa shape index (κ3) is 5.54. The van der Waals surface area contributed by atoms with Crippen molar-refractivity contribution in [2.45, 2.75) is 26.0 Å². The van der Waals surface area contributed by atoms with Gasteiger partial charge in [-0.1, -0.05) is 30.3 Å². The van der Waals surface area contributed by atoms with E-state index in [2.05, 4.69) is 11.9 Å². The first-order valence-corrected chi connectivity index (χ1v) is 6.42. The largest absolute Gasteiger partial charge is 0.488 e. The molecule has 1 aromatic rings. The summed E-state index contributed by atoms with van der Waals surface area (Å²) >= 11 is 6.10. The number of hydrogen-bond donors (Lipinski definition) is 2. The van der Waals surface area contributed by atoms with Crippen LogP contribution in [0.5, 0.6) is 5.75 Å². The fourth-order valence-corrected chi connectivity index (χ4v) is 1.72. The van der Waals surface area contributed by atoms with E-state index in [9.17, 15) is 0 Å². The molecule has 0 radical (unpaired) electrons. The minimum absolute atomic E-state index is 0.268. The molecule has 0 heterocycles. The molecule has 0 aliphatic heterocycles. The molecule has 1 aromatic carbocycles. The summed E-state index contributed by atoms with van der Waals surface area (Å²) in [6, 6.07) is 5.71. The van der Waals surface area contributed by atoms with Crippen molar-refractivity contribution in [3.05, 3.63) is 41.4 Å². The lowest BCUT2D eigenvalue weighted by Crippen LogP contribution is -2.18. The minimum atomic E-state index is -0.268. The van der Waals surface area contributed by atoms with E-state index in [0.717, 1.165) is 25.1 Å². The summed E-state index contributed by atoms with van der Waals surface area (Å²) in [5.41, 5.74) is 1.09. The fourth-order valence-electron chi connectivity index (χ4n) is 1.46. The number of aliphatic hydroxyl groups is 1. The van der Waals surface area contributed by atoms with Crippen LogP contribution in [0.15, 0.2) is 30.9 Å². The van der Waals surface area contributed by atoms with Crippen LogP contribution in [0.25, 0.3) is 0 Å². The summed E-state index contributed by atoms with van der Waals surface area (Å²) in [4.78, 5) is 0. The Bertz CT molecular complexity index is 380. The fraction of sp³-hybridized carbons (Fsp3) is 0.429. The van der Waals surface area contributed by atoms with Crippen LogP contribution in [0.3, 0.4) is 0 Å². The van der Waals surface area contributed by atoms with E-state index >= 15 is 0 Å². The van der Waals surface area contributed by atoms with Gasteiger partial charge in [0.25, 0.3) is 0 Å². The van der Waals surface area contributed by atoms with Gasteiger partial charge >= 0.3 is 0 Å². The zero-order chi connectivity index (χ0) is 13.4. The molecule has 100 valence electrons. The number of ether oxygens (including phenoxy) is 1.